The Morgan fingerprint density at radius 1 is 1.12 bits per heavy atom. The van der Waals surface area contributed by atoms with E-state index in [1.807, 2.05) is 0 Å². The van der Waals surface area contributed by atoms with E-state index in [1.165, 1.54) is 32.4 Å². The van der Waals surface area contributed by atoms with Gasteiger partial charge in [0.2, 0.25) is 0 Å². The predicted octanol–water partition coefficient (Wildman–Crippen LogP) is 0.130. The van der Waals surface area contributed by atoms with Gasteiger partial charge in [0.25, 0.3) is 0 Å². The fourth-order valence-corrected chi connectivity index (χ4v) is 3.19. The number of nitrogens with two attached hydrogens (primary N) is 1. The van der Waals surface area contributed by atoms with Gasteiger partial charge in [0.15, 0.2) is 0 Å². The van der Waals surface area contributed by atoms with Crippen molar-refractivity contribution in [2.75, 3.05) is 45.9 Å². The van der Waals surface area contributed by atoms with Crippen LogP contribution in [0.1, 0.15) is 19.3 Å². The standard InChI is InChI=1S/C13H25N3O/c14-13(11-1-2-11)10-15-4-3-12(9-15)16-5-7-17-8-6-16/h11-13H,1-10,14H2. The van der Waals surface area contributed by atoms with E-state index in [0.29, 0.717) is 6.04 Å². The number of rotatable bonds is 4. The molecule has 2 N–H and O–H groups in total. The molecule has 2 unspecified atom stereocenters. The quantitative estimate of drug-likeness (QED) is 0.757. The van der Waals surface area contributed by atoms with Crippen molar-refractivity contribution in [1.29, 1.82) is 0 Å². The first kappa shape index (κ1) is 11.9. The van der Waals surface area contributed by atoms with Gasteiger partial charge in [-0.1, -0.05) is 0 Å². The van der Waals surface area contributed by atoms with Gasteiger partial charge in [0, 0.05) is 38.3 Å². The number of nitrogens with zero attached hydrogens (tertiary/aromatic N) is 2. The molecule has 2 atom stereocenters. The molecule has 3 rings (SSSR count). The second-order valence-electron chi connectivity index (χ2n) is 5.85. The summed E-state index contributed by atoms with van der Waals surface area (Å²) in [4.78, 5) is 5.18. The van der Waals surface area contributed by atoms with Crippen LogP contribution in [-0.4, -0.2) is 67.8 Å². The molecular formula is C13H25N3O. The van der Waals surface area contributed by atoms with Crippen LogP contribution in [0.2, 0.25) is 0 Å². The summed E-state index contributed by atoms with van der Waals surface area (Å²) in [7, 11) is 0. The second-order valence-corrected chi connectivity index (χ2v) is 5.85. The maximum absolute atomic E-state index is 6.21. The summed E-state index contributed by atoms with van der Waals surface area (Å²) in [6.07, 6.45) is 4.04. The highest BCUT2D eigenvalue weighted by Crippen LogP contribution is 2.32. The summed E-state index contributed by atoms with van der Waals surface area (Å²) in [5.41, 5.74) is 6.21. The zero-order valence-electron chi connectivity index (χ0n) is 10.7. The van der Waals surface area contributed by atoms with Crippen molar-refractivity contribution in [2.24, 2.45) is 11.7 Å². The molecular weight excluding hydrogens is 214 g/mol. The molecule has 0 aromatic heterocycles. The van der Waals surface area contributed by atoms with Crippen LogP contribution in [-0.2, 0) is 4.74 Å². The monoisotopic (exact) mass is 239 g/mol. The highest BCUT2D eigenvalue weighted by Gasteiger charge is 2.33. The van der Waals surface area contributed by atoms with Gasteiger partial charge >= 0.3 is 0 Å². The van der Waals surface area contributed by atoms with Crippen LogP contribution in [0.4, 0.5) is 0 Å². The van der Waals surface area contributed by atoms with E-state index in [1.54, 1.807) is 0 Å². The molecule has 4 heteroatoms. The molecule has 2 heterocycles. The van der Waals surface area contributed by atoms with E-state index in [4.69, 9.17) is 10.5 Å². The summed E-state index contributed by atoms with van der Waals surface area (Å²) in [5, 5.41) is 0. The van der Waals surface area contributed by atoms with Crippen molar-refractivity contribution in [3.63, 3.8) is 0 Å². The number of hydrogen-bond donors (Lipinski definition) is 1. The minimum absolute atomic E-state index is 0.429. The average Bonchev–Trinajstić information content (AvgIpc) is 3.12. The Bertz CT molecular complexity index is 251. The van der Waals surface area contributed by atoms with Crippen molar-refractivity contribution < 1.29 is 4.74 Å². The Hall–Kier alpha value is -0.160. The van der Waals surface area contributed by atoms with Crippen LogP contribution < -0.4 is 5.73 Å². The van der Waals surface area contributed by atoms with Crippen LogP contribution in [0, 0.1) is 5.92 Å². The lowest BCUT2D eigenvalue weighted by molar-refractivity contribution is 0.0184. The van der Waals surface area contributed by atoms with Crippen LogP contribution in [0.5, 0.6) is 0 Å². The van der Waals surface area contributed by atoms with Crippen LogP contribution in [0.3, 0.4) is 0 Å². The molecule has 0 bridgehead atoms. The third kappa shape index (κ3) is 2.99. The van der Waals surface area contributed by atoms with E-state index in [2.05, 4.69) is 9.80 Å². The van der Waals surface area contributed by atoms with E-state index in [-0.39, 0.29) is 0 Å². The Balaban J connectivity index is 1.44. The van der Waals surface area contributed by atoms with Gasteiger partial charge in [0.1, 0.15) is 0 Å². The van der Waals surface area contributed by atoms with E-state index < -0.39 is 0 Å². The first-order valence-corrected chi connectivity index (χ1v) is 7.12. The Morgan fingerprint density at radius 3 is 2.59 bits per heavy atom. The minimum Gasteiger partial charge on any atom is -0.379 e. The second kappa shape index (κ2) is 5.22. The number of likely N-dealkylation sites (tertiary alicyclic amines) is 1. The Labute approximate surface area is 104 Å². The first-order valence-electron chi connectivity index (χ1n) is 7.12. The van der Waals surface area contributed by atoms with Crippen molar-refractivity contribution in [1.82, 2.24) is 9.80 Å². The van der Waals surface area contributed by atoms with E-state index in [9.17, 15) is 0 Å². The van der Waals surface area contributed by atoms with Crippen molar-refractivity contribution >= 4 is 0 Å². The third-order valence-electron chi connectivity index (χ3n) is 4.51. The third-order valence-corrected chi connectivity index (χ3v) is 4.51. The lowest BCUT2D eigenvalue weighted by Gasteiger charge is -2.32. The SMILES string of the molecule is NC(CN1CCC(N2CCOCC2)C1)C1CC1. The van der Waals surface area contributed by atoms with Gasteiger partial charge in [0.05, 0.1) is 13.2 Å². The fraction of sp³-hybridized carbons (Fsp3) is 1.00. The van der Waals surface area contributed by atoms with Gasteiger partial charge in [-0.3, -0.25) is 4.90 Å². The molecule has 2 saturated heterocycles. The molecule has 3 fully saturated rings. The average molecular weight is 239 g/mol. The molecule has 1 aliphatic carbocycles. The minimum atomic E-state index is 0.429. The summed E-state index contributed by atoms with van der Waals surface area (Å²) < 4.78 is 5.42. The highest BCUT2D eigenvalue weighted by molar-refractivity contribution is 4.90. The Morgan fingerprint density at radius 2 is 1.88 bits per heavy atom. The molecule has 0 aromatic carbocycles. The van der Waals surface area contributed by atoms with E-state index >= 15 is 0 Å². The largest absolute Gasteiger partial charge is 0.379 e. The molecule has 0 spiro atoms. The van der Waals surface area contributed by atoms with E-state index in [0.717, 1.165) is 44.8 Å². The van der Waals surface area contributed by atoms with Crippen molar-refractivity contribution in [2.45, 2.75) is 31.3 Å². The maximum Gasteiger partial charge on any atom is 0.0594 e. The molecule has 1 saturated carbocycles. The van der Waals surface area contributed by atoms with Crippen molar-refractivity contribution in [3.05, 3.63) is 0 Å². The molecule has 2 aliphatic heterocycles. The predicted molar refractivity (Wildman–Crippen MR) is 67.9 cm³/mol. The van der Waals surface area contributed by atoms with Gasteiger partial charge in [-0.15, -0.1) is 0 Å². The van der Waals surface area contributed by atoms with Gasteiger partial charge < -0.3 is 15.4 Å². The zero-order valence-corrected chi connectivity index (χ0v) is 10.7. The van der Waals surface area contributed by atoms with Crippen LogP contribution >= 0.6 is 0 Å². The van der Waals surface area contributed by atoms with Gasteiger partial charge in [-0.2, -0.15) is 0 Å². The normalized spacial score (nSPS) is 34.1. The zero-order chi connectivity index (χ0) is 11.7. The summed E-state index contributed by atoms with van der Waals surface area (Å²) >= 11 is 0. The van der Waals surface area contributed by atoms with Gasteiger partial charge in [-0.05, 0) is 31.7 Å². The van der Waals surface area contributed by atoms with Crippen LogP contribution in [0.25, 0.3) is 0 Å². The molecule has 17 heavy (non-hydrogen) atoms. The Kier molecular flexibility index (Phi) is 3.66. The first-order chi connectivity index (χ1) is 8.33. The van der Waals surface area contributed by atoms with Crippen LogP contribution in [0.15, 0.2) is 0 Å². The summed E-state index contributed by atoms with van der Waals surface area (Å²) in [6.45, 7) is 7.64. The highest BCUT2D eigenvalue weighted by atomic mass is 16.5. The van der Waals surface area contributed by atoms with Crippen molar-refractivity contribution in [3.8, 4) is 0 Å². The molecule has 0 amide bonds. The molecule has 4 nitrogen and oxygen atoms in total. The maximum atomic E-state index is 6.21. The molecule has 0 aromatic rings. The lowest BCUT2D eigenvalue weighted by atomic mass is 10.2. The topological polar surface area (TPSA) is 41.7 Å². The van der Waals surface area contributed by atoms with Gasteiger partial charge in [-0.25, -0.2) is 0 Å². The number of morpholine rings is 1. The summed E-state index contributed by atoms with van der Waals surface area (Å²) in [6, 6.07) is 1.18. The lowest BCUT2D eigenvalue weighted by Crippen LogP contribution is -2.45. The molecule has 3 aliphatic rings. The number of ether oxygens (including phenoxy) is 1. The molecule has 0 radical (unpaired) electrons. The smallest absolute Gasteiger partial charge is 0.0594 e. The summed E-state index contributed by atoms with van der Waals surface area (Å²) in [5.74, 6) is 0.831. The molecule has 98 valence electrons. The fourth-order valence-electron chi connectivity index (χ4n) is 3.19. The number of hydrogen-bond acceptors (Lipinski definition) is 4.